The Kier molecular flexibility index (Phi) is 3.48. The Morgan fingerprint density at radius 1 is 1.21 bits per heavy atom. The maximum Gasteiger partial charge on any atom is 0.225 e. The van der Waals surface area contributed by atoms with Gasteiger partial charge in [0.25, 0.3) is 0 Å². The summed E-state index contributed by atoms with van der Waals surface area (Å²) in [5.74, 6) is 1.83. The van der Waals surface area contributed by atoms with E-state index in [0.717, 1.165) is 44.6 Å². The molecule has 2 fully saturated rings. The molecule has 2 heterocycles. The van der Waals surface area contributed by atoms with Crippen LogP contribution in [0, 0.1) is 5.92 Å². The van der Waals surface area contributed by atoms with E-state index in [4.69, 9.17) is 0 Å². The molecule has 0 aromatic carbocycles. The maximum absolute atomic E-state index is 12.5. The van der Waals surface area contributed by atoms with Crippen molar-refractivity contribution in [1.29, 1.82) is 0 Å². The molecule has 1 atom stereocenters. The summed E-state index contributed by atoms with van der Waals surface area (Å²) in [6.45, 7) is 1.68. The monoisotopic (exact) mass is 263 g/mol. The number of carbonyl (C=O) groups is 1. The molecule has 0 spiro atoms. The first-order valence-electron chi connectivity index (χ1n) is 7.26. The van der Waals surface area contributed by atoms with Crippen LogP contribution in [0.5, 0.6) is 0 Å². The summed E-state index contributed by atoms with van der Waals surface area (Å²) >= 11 is 0. The van der Waals surface area contributed by atoms with Gasteiger partial charge < -0.3 is 4.90 Å². The lowest BCUT2D eigenvalue weighted by Crippen LogP contribution is -2.42. The Hall–Kier alpha value is -1.46. The Balaban J connectivity index is 1.68. The third-order valence-electron chi connectivity index (χ3n) is 4.46. The smallest absolute Gasteiger partial charge is 0.225 e. The van der Waals surface area contributed by atoms with Crippen LogP contribution in [0.2, 0.25) is 0 Å². The quantitative estimate of drug-likeness (QED) is 0.801. The minimum atomic E-state index is 0.274. The Labute approximate surface area is 113 Å². The number of aromatic nitrogens is 4. The van der Waals surface area contributed by atoms with Crippen molar-refractivity contribution in [3.05, 3.63) is 5.82 Å². The number of piperidine rings is 1. The molecule has 6 heteroatoms. The molecule has 1 amide bonds. The standard InChI is InChI=1S/C13H21N5O/c1-17-12(14-15-16-17)11-7-4-8-18(9-11)13(19)10-5-2-3-6-10/h10-11H,2-9H2,1H3. The Bertz CT molecular complexity index is 452. The maximum atomic E-state index is 12.5. The van der Waals surface area contributed by atoms with Gasteiger partial charge in [-0.1, -0.05) is 12.8 Å². The van der Waals surface area contributed by atoms with Crippen molar-refractivity contribution in [2.45, 2.75) is 44.4 Å². The van der Waals surface area contributed by atoms with Gasteiger partial charge in [0.05, 0.1) is 0 Å². The summed E-state index contributed by atoms with van der Waals surface area (Å²) in [6, 6.07) is 0. The summed E-state index contributed by atoms with van der Waals surface area (Å²) in [5.41, 5.74) is 0. The number of tetrazole rings is 1. The van der Waals surface area contributed by atoms with Crippen LogP contribution in [-0.2, 0) is 11.8 Å². The highest BCUT2D eigenvalue weighted by atomic mass is 16.2. The van der Waals surface area contributed by atoms with E-state index < -0.39 is 0 Å². The second kappa shape index (κ2) is 5.27. The average molecular weight is 263 g/mol. The zero-order valence-corrected chi connectivity index (χ0v) is 11.5. The van der Waals surface area contributed by atoms with E-state index in [1.807, 2.05) is 11.9 Å². The average Bonchev–Trinajstić information content (AvgIpc) is 3.09. The second-order valence-corrected chi connectivity index (χ2v) is 5.77. The van der Waals surface area contributed by atoms with Gasteiger partial charge in [0.1, 0.15) is 0 Å². The first-order valence-corrected chi connectivity index (χ1v) is 7.26. The molecular formula is C13H21N5O. The van der Waals surface area contributed by atoms with Gasteiger partial charge in [0.2, 0.25) is 5.91 Å². The largest absolute Gasteiger partial charge is 0.342 e. The lowest BCUT2D eigenvalue weighted by Gasteiger charge is -2.33. The van der Waals surface area contributed by atoms with Gasteiger partial charge >= 0.3 is 0 Å². The molecule has 1 aliphatic carbocycles. The normalized spacial score (nSPS) is 24.9. The number of hydrogen-bond donors (Lipinski definition) is 0. The molecule has 1 aliphatic heterocycles. The minimum absolute atomic E-state index is 0.274. The number of hydrogen-bond acceptors (Lipinski definition) is 4. The summed E-state index contributed by atoms with van der Waals surface area (Å²) in [4.78, 5) is 14.5. The van der Waals surface area contributed by atoms with Gasteiger partial charge in [0, 0.05) is 32.0 Å². The highest BCUT2D eigenvalue weighted by molar-refractivity contribution is 5.79. The molecule has 1 saturated heterocycles. The number of carbonyl (C=O) groups excluding carboxylic acids is 1. The van der Waals surface area contributed by atoms with Gasteiger partial charge in [-0.15, -0.1) is 5.10 Å². The van der Waals surface area contributed by atoms with Gasteiger partial charge in [-0.05, 0) is 36.1 Å². The van der Waals surface area contributed by atoms with Gasteiger partial charge in [-0.3, -0.25) is 4.79 Å². The molecule has 2 aliphatic rings. The lowest BCUT2D eigenvalue weighted by atomic mass is 9.95. The fraction of sp³-hybridized carbons (Fsp3) is 0.846. The van der Waals surface area contributed by atoms with Crippen molar-refractivity contribution in [1.82, 2.24) is 25.1 Å². The van der Waals surface area contributed by atoms with Crippen molar-refractivity contribution < 1.29 is 4.79 Å². The molecular weight excluding hydrogens is 242 g/mol. The molecule has 0 radical (unpaired) electrons. The van der Waals surface area contributed by atoms with Crippen LogP contribution in [0.3, 0.4) is 0 Å². The van der Waals surface area contributed by atoms with Crippen molar-refractivity contribution in [3.8, 4) is 0 Å². The zero-order valence-electron chi connectivity index (χ0n) is 11.5. The van der Waals surface area contributed by atoms with E-state index in [0.29, 0.717) is 11.8 Å². The van der Waals surface area contributed by atoms with E-state index in [1.54, 1.807) is 4.68 Å². The molecule has 1 aromatic rings. The van der Waals surface area contributed by atoms with Crippen LogP contribution in [0.4, 0.5) is 0 Å². The number of rotatable bonds is 2. The predicted octanol–water partition coefficient (Wildman–Crippen LogP) is 1.11. The number of nitrogens with zero attached hydrogens (tertiary/aromatic N) is 5. The summed E-state index contributed by atoms with van der Waals surface area (Å²) in [6.07, 6.45) is 6.69. The molecule has 1 aromatic heterocycles. The molecule has 0 bridgehead atoms. The van der Waals surface area contributed by atoms with Crippen LogP contribution in [-0.4, -0.2) is 44.1 Å². The van der Waals surface area contributed by atoms with Crippen molar-refractivity contribution >= 4 is 5.91 Å². The highest BCUT2D eigenvalue weighted by Gasteiger charge is 2.32. The third-order valence-corrected chi connectivity index (χ3v) is 4.46. The summed E-state index contributed by atoms with van der Waals surface area (Å²) < 4.78 is 1.73. The van der Waals surface area contributed by atoms with E-state index in [2.05, 4.69) is 15.5 Å². The molecule has 104 valence electrons. The van der Waals surface area contributed by atoms with E-state index in [1.165, 1.54) is 12.8 Å². The second-order valence-electron chi connectivity index (χ2n) is 5.77. The van der Waals surface area contributed by atoms with Crippen LogP contribution >= 0.6 is 0 Å². The van der Waals surface area contributed by atoms with E-state index >= 15 is 0 Å². The SMILES string of the molecule is Cn1nnnc1C1CCCN(C(=O)C2CCCC2)C1. The Morgan fingerprint density at radius 3 is 2.68 bits per heavy atom. The number of amides is 1. The Morgan fingerprint density at radius 2 is 2.00 bits per heavy atom. The molecule has 1 saturated carbocycles. The van der Waals surface area contributed by atoms with Crippen LogP contribution in [0.1, 0.15) is 50.3 Å². The fourth-order valence-electron chi connectivity index (χ4n) is 3.40. The van der Waals surface area contributed by atoms with Crippen LogP contribution < -0.4 is 0 Å². The van der Waals surface area contributed by atoms with Crippen molar-refractivity contribution in [2.24, 2.45) is 13.0 Å². The van der Waals surface area contributed by atoms with Gasteiger partial charge in [-0.2, -0.15) is 0 Å². The number of aryl methyl sites for hydroxylation is 1. The van der Waals surface area contributed by atoms with Crippen molar-refractivity contribution in [3.63, 3.8) is 0 Å². The molecule has 19 heavy (non-hydrogen) atoms. The molecule has 3 rings (SSSR count). The van der Waals surface area contributed by atoms with Crippen molar-refractivity contribution in [2.75, 3.05) is 13.1 Å². The molecule has 0 N–H and O–H groups in total. The van der Waals surface area contributed by atoms with Crippen LogP contribution in [0.25, 0.3) is 0 Å². The summed E-state index contributed by atoms with van der Waals surface area (Å²) in [5, 5.41) is 11.7. The van der Waals surface area contributed by atoms with E-state index in [9.17, 15) is 4.79 Å². The van der Waals surface area contributed by atoms with Crippen LogP contribution in [0.15, 0.2) is 0 Å². The summed E-state index contributed by atoms with van der Waals surface area (Å²) in [7, 11) is 1.87. The molecule has 1 unspecified atom stereocenters. The first-order chi connectivity index (χ1) is 9.25. The molecule has 6 nitrogen and oxygen atoms in total. The van der Waals surface area contributed by atoms with Gasteiger partial charge in [0.15, 0.2) is 5.82 Å². The highest BCUT2D eigenvalue weighted by Crippen LogP contribution is 2.30. The lowest BCUT2D eigenvalue weighted by molar-refractivity contribution is -0.136. The number of likely N-dealkylation sites (tertiary alicyclic amines) is 1. The topological polar surface area (TPSA) is 63.9 Å². The third kappa shape index (κ3) is 2.48. The van der Waals surface area contributed by atoms with E-state index in [-0.39, 0.29) is 5.92 Å². The first kappa shape index (κ1) is 12.6. The van der Waals surface area contributed by atoms with Gasteiger partial charge in [-0.25, -0.2) is 4.68 Å². The minimum Gasteiger partial charge on any atom is -0.342 e. The fourth-order valence-corrected chi connectivity index (χ4v) is 3.40. The zero-order chi connectivity index (χ0) is 13.2. The predicted molar refractivity (Wildman–Crippen MR) is 69.3 cm³/mol.